The Balaban J connectivity index is 1.80. The van der Waals surface area contributed by atoms with Crippen molar-refractivity contribution in [3.63, 3.8) is 0 Å². The lowest BCUT2D eigenvalue weighted by atomic mass is 9.90. The maximum atomic E-state index is 5.78. The SMILES string of the molecule is CNC(Cc1csc(C)n1)C1COc2ccccc21. The lowest BCUT2D eigenvalue weighted by Gasteiger charge is -2.21. The van der Waals surface area contributed by atoms with Crippen LogP contribution in [0.25, 0.3) is 0 Å². The van der Waals surface area contributed by atoms with Crippen LogP contribution < -0.4 is 10.1 Å². The number of thiazole rings is 1. The van der Waals surface area contributed by atoms with Gasteiger partial charge in [-0.2, -0.15) is 0 Å². The summed E-state index contributed by atoms with van der Waals surface area (Å²) >= 11 is 1.71. The summed E-state index contributed by atoms with van der Waals surface area (Å²) in [5, 5.41) is 6.71. The maximum absolute atomic E-state index is 5.78. The van der Waals surface area contributed by atoms with Crippen LogP contribution in [-0.4, -0.2) is 24.7 Å². The average Bonchev–Trinajstić information content (AvgIpc) is 3.02. The van der Waals surface area contributed by atoms with E-state index >= 15 is 0 Å². The van der Waals surface area contributed by atoms with Crippen molar-refractivity contribution in [3.05, 3.63) is 45.9 Å². The quantitative estimate of drug-likeness (QED) is 0.931. The highest BCUT2D eigenvalue weighted by Gasteiger charge is 2.30. The van der Waals surface area contributed by atoms with Gasteiger partial charge in [-0.25, -0.2) is 4.98 Å². The highest BCUT2D eigenvalue weighted by molar-refractivity contribution is 7.09. The van der Waals surface area contributed by atoms with Crippen LogP contribution in [0.3, 0.4) is 0 Å². The zero-order valence-corrected chi connectivity index (χ0v) is 12.0. The van der Waals surface area contributed by atoms with Gasteiger partial charge in [0.25, 0.3) is 0 Å². The van der Waals surface area contributed by atoms with E-state index in [0.717, 1.165) is 23.8 Å². The molecule has 2 unspecified atom stereocenters. The van der Waals surface area contributed by atoms with Crippen molar-refractivity contribution in [2.24, 2.45) is 0 Å². The number of nitrogens with zero attached hydrogens (tertiary/aromatic N) is 1. The molecule has 0 bridgehead atoms. The van der Waals surface area contributed by atoms with Crippen LogP contribution >= 0.6 is 11.3 Å². The fourth-order valence-corrected chi connectivity index (χ4v) is 3.32. The number of aryl methyl sites for hydroxylation is 1. The predicted octanol–water partition coefficient (Wildman–Crippen LogP) is 2.76. The van der Waals surface area contributed by atoms with E-state index in [2.05, 4.69) is 40.8 Å². The molecule has 2 atom stereocenters. The van der Waals surface area contributed by atoms with Crippen LogP contribution in [0, 0.1) is 6.92 Å². The molecule has 2 aromatic rings. The van der Waals surface area contributed by atoms with Crippen LogP contribution in [0.2, 0.25) is 0 Å². The van der Waals surface area contributed by atoms with Gasteiger partial charge >= 0.3 is 0 Å². The first-order chi connectivity index (χ1) is 9.28. The molecule has 1 aromatic heterocycles. The Morgan fingerprint density at radius 3 is 3.05 bits per heavy atom. The number of aromatic nitrogens is 1. The molecule has 1 aromatic carbocycles. The van der Waals surface area contributed by atoms with Crippen LogP contribution in [0.4, 0.5) is 0 Å². The molecular weight excluding hydrogens is 256 g/mol. The molecule has 1 N–H and O–H groups in total. The molecule has 2 heterocycles. The molecule has 0 amide bonds. The smallest absolute Gasteiger partial charge is 0.122 e. The summed E-state index contributed by atoms with van der Waals surface area (Å²) in [6, 6.07) is 8.70. The molecule has 1 aliphatic rings. The van der Waals surface area contributed by atoms with Crippen molar-refractivity contribution in [1.82, 2.24) is 10.3 Å². The summed E-state index contributed by atoms with van der Waals surface area (Å²) in [6.45, 7) is 2.81. The van der Waals surface area contributed by atoms with E-state index < -0.39 is 0 Å². The number of fused-ring (bicyclic) bond motifs is 1. The highest BCUT2D eigenvalue weighted by Crippen LogP contribution is 2.36. The molecule has 0 saturated heterocycles. The van der Waals surface area contributed by atoms with Gasteiger partial charge in [-0.1, -0.05) is 18.2 Å². The molecule has 100 valence electrons. The molecule has 0 fully saturated rings. The van der Waals surface area contributed by atoms with Crippen molar-refractivity contribution in [1.29, 1.82) is 0 Å². The fourth-order valence-electron chi connectivity index (χ4n) is 2.69. The number of benzene rings is 1. The van der Waals surface area contributed by atoms with Gasteiger partial charge in [-0.15, -0.1) is 11.3 Å². The van der Waals surface area contributed by atoms with E-state index in [9.17, 15) is 0 Å². The third-order valence-electron chi connectivity index (χ3n) is 3.69. The second kappa shape index (κ2) is 5.31. The predicted molar refractivity (Wildman–Crippen MR) is 78.1 cm³/mol. The number of para-hydroxylation sites is 1. The minimum Gasteiger partial charge on any atom is -0.493 e. The van der Waals surface area contributed by atoms with E-state index in [4.69, 9.17) is 4.74 Å². The molecule has 3 nitrogen and oxygen atoms in total. The average molecular weight is 274 g/mol. The zero-order chi connectivity index (χ0) is 13.2. The Morgan fingerprint density at radius 2 is 2.32 bits per heavy atom. The lowest BCUT2D eigenvalue weighted by Crippen LogP contribution is -2.35. The first-order valence-corrected chi connectivity index (χ1v) is 7.46. The third kappa shape index (κ3) is 2.51. The Kier molecular flexibility index (Phi) is 3.53. The number of likely N-dealkylation sites (N-methyl/N-ethyl adjacent to an activating group) is 1. The third-order valence-corrected chi connectivity index (χ3v) is 4.51. The van der Waals surface area contributed by atoms with Gasteiger partial charge in [0.15, 0.2) is 0 Å². The Labute approximate surface area is 117 Å². The molecule has 1 aliphatic heterocycles. The summed E-state index contributed by atoms with van der Waals surface area (Å²) < 4.78 is 5.78. The minimum absolute atomic E-state index is 0.366. The summed E-state index contributed by atoms with van der Waals surface area (Å²) in [4.78, 5) is 4.56. The number of nitrogens with one attached hydrogen (secondary N) is 1. The fraction of sp³-hybridized carbons (Fsp3) is 0.400. The minimum atomic E-state index is 0.366. The molecule has 19 heavy (non-hydrogen) atoms. The molecule has 0 saturated carbocycles. The summed E-state index contributed by atoms with van der Waals surface area (Å²) in [6.07, 6.45) is 0.948. The number of hydrogen-bond donors (Lipinski definition) is 1. The topological polar surface area (TPSA) is 34.2 Å². The van der Waals surface area contributed by atoms with E-state index in [0.29, 0.717) is 12.0 Å². The van der Waals surface area contributed by atoms with Gasteiger partial charge in [0.2, 0.25) is 0 Å². The number of rotatable bonds is 4. The summed E-state index contributed by atoms with van der Waals surface area (Å²) in [7, 11) is 2.02. The summed E-state index contributed by atoms with van der Waals surface area (Å²) in [5.74, 6) is 1.44. The first-order valence-electron chi connectivity index (χ1n) is 6.58. The zero-order valence-electron chi connectivity index (χ0n) is 11.2. The largest absolute Gasteiger partial charge is 0.493 e. The van der Waals surface area contributed by atoms with Crippen LogP contribution in [0.1, 0.15) is 22.2 Å². The molecule has 0 radical (unpaired) electrons. The second-order valence-corrected chi connectivity index (χ2v) is 5.97. The van der Waals surface area contributed by atoms with Crippen molar-refractivity contribution in [2.45, 2.75) is 25.3 Å². The molecule has 3 rings (SSSR count). The molecule has 0 aliphatic carbocycles. The first kappa shape index (κ1) is 12.6. The Bertz CT molecular complexity index is 567. The van der Waals surface area contributed by atoms with E-state index in [-0.39, 0.29) is 0 Å². The summed E-state index contributed by atoms with van der Waals surface area (Å²) in [5.41, 5.74) is 2.49. The standard InChI is InChI=1S/C15H18N2OS/c1-10-17-11(9-19-10)7-14(16-2)13-8-18-15-6-4-3-5-12(13)15/h3-6,9,13-14,16H,7-8H2,1-2H3. The van der Waals surface area contributed by atoms with Gasteiger partial charge < -0.3 is 10.1 Å². The van der Waals surface area contributed by atoms with Gasteiger partial charge in [0.1, 0.15) is 5.75 Å². The maximum Gasteiger partial charge on any atom is 0.122 e. The molecule has 4 heteroatoms. The van der Waals surface area contributed by atoms with Crippen molar-refractivity contribution in [3.8, 4) is 5.75 Å². The van der Waals surface area contributed by atoms with Crippen LogP contribution in [-0.2, 0) is 6.42 Å². The monoisotopic (exact) mass is 274 g/mol. The van der Waals surface area contributed by atoms with Crippen LogP contribution in [0.5, 0.6) is 5.75 Å². The van der Waals surface area contributed by atoms with Crippen LogP contribution in [0.15, 0.2) is 29.6 Å². The molecule has 0 spiro atoms. The van der Waals surface area contributed by atoms with Crippen molar-refractivity contribution < 1.29 is 4.74 Å². The van der Waals surface area contributed by atoms with Gasteiger partial charge in [-0.05, 0) is 20.0 Å². The molecular formula is C15H18N2OS. The van der Waals surface area contributed by atoms with Crippen molar-refractivity contribution in [2.75, 3.05) is 13.7 Å². The van der Waals surface area contributed by atoms with E-state index in [1.54, 1.807) is 11.3 Å². The van der Waals surface area contributed by atoms with E-state index in [1.165, 1.54) is 11.3 Å². The van der Waals surface area contributed by atoms with Gasteiger partial charge in [-0.3, -0.25) is 0 Å². The van der Waals surface area contributed by atoms with Gasteiger partial charge in [0, 0.05) is 29.3 Å². The lowest BCUT2D eigenvalue weighted by molar-refractivity contribution is 0.301. The number of ether oxygens (including phenoxy) is 1. The van der Waals surface area contributed by atoms with Crippen molar-refractivity contribution >= 4 is 11.3 Å². The van der Waals surface area contributed by atoms with Gasteiger partial charge in [0.05, 0.1) is 17.3 Å². The normalized spacial score (nSPS) is 18.9. The number of hydrogen-bond acceptors (Lipinski definition) is 4. The Hall–Kier alpha value is -1.39. The highest BCUT2D eigenvalue weighted by atomic mass is 32.1. The Morgan fingerprint density at radius 1 is 1.47 bits per heavy atom. The van der Waals surface area contributed by atoms with E-state index in [1.807, 2.05) is 13.1 Å². The second-order valence-electron chi connectivity index (χ2n) is 4.91.